The van der Waals surface area contributed by atoms with Crippen LogP contribution in [0.4, 0.5) is 0 Å². The Morgan fingerprint density at radius 3 is 2.75 bits per heavy atom. The highest BCUT2D eigenvalue weighted by atomic mass is 16.2. The normalized spacial score (nSPS) is 10.3. The Balaban J connectivity index is 2.38. The van der Waals surface area contributed by atoms with Crippen LogP contribution in [0.2, 0.25) is 0 Å². The first-order valence-corrected chi connectivity index (χ1v) is 6.40. The van der Waals surface area contributed by atoms with Gasteiger partial charge < -0.3 is 4.90 Å². The lowest BCUT2D eigenvalue weighted by molar-refractivity contribution is 0.0798. The molecule has 104 valence electrons. The molecule has 0 aliphatic heterocycles. The highest BCUT2D eigenvalue weighted by molar-refractivity contribution is 5.90. The van der Waals surface area contributed by atoms with Gasteiger partial charge in [0.1, 0.15) is 5.82 Å². The Morgan fingerprint density at radius 1 is 1.40 bits per heavy atom. The van der Waals surface area contributed by atoms with Gasteiger partial charge in [0.2, 0.25) is 5.82 Å². The number of rotatable bonds is 4. The molecule has 0 radical (unpaired) electrons. The maximum absolute atomic E-state index is 12.2. The predicted octanol–water partition coefficient (Wildman–Crippen LogP) is 2.14. The highest BCUT2D eigenvalue weighted by Crippen LogP contribution is 2.14. The standard InChI is InChI=1S/C15H18N4O/c1-5-10-18(4)15(20)14-16-12(3)19(17-14)13-9-7-6-8-11(13)2/h5-9H,1,10H2,2-4H3. The summed E-state index contributed by atoms with van der Waals surface area (Å²) in [6.07, 6.45) is 1.67. The van der Waals surface area contributed by atoms with Gasteiger partial charge >= 0.3 is 0 Å². The Labute approximate surface area is 118 Å². The lowest BCUT2D eigenvalue weighted by Crippen LogP contribution is -2.27. The number of carbonyl (C=O) groups excluding carboxylic acids is 1. The zero-order valence-corrected chi connectivity index (χ0v) is 12.0. The van der Waals surface area contributed by atoms with Gasteiger partial charge in [0.05, 0.1) is 5.69 Å². The van der Waals surface area contributed by atoms with Crippen LogP contribution in [0.15, 0.2) is 36.9 Å². The van der Waals surface area contributed by atoms with Crippen LogP contribution < -0.4 is 0 Å². The van der Waals surface area contributed by atoms with Gasteiger partial charge in [0.15, 0.2) is 0 Å². The van der Waals surface area contributed by atoms with E-state index in [0.717, 1.165) is 11.3 Å². The number of carbonyl (C=O) groups is 1. The number of hydrogen-bond donors (Lipinski definition) is 0. The Kier molecular flexibility index (Phi) is 3.98. The minimum absolute atomic E-state index is 0.204. The third kappa shape index (κ3) is 2.61. The summed E-state index contributed by atoms with van der Waals surface area (Å²) in [6, 6.07) is 7.87. The average Bonchev–Trinajstić information content (AvgIpc) is 2.80. The highest BCUT2D eigenvalue weighted by Gasteiger charge is 2.18. The molecule has 0 spiro atoms. The van der Waals surface area contributed by atoms with E-state index < -0.39 is 0 Å². The minimum atomic E-state index is -0.208. The number of aromatic nitrogens is 3. The molecular weight excluding hydrogens is 252 g/mol. The maximum atomic E-state index is 12.2. The molecule has 0 fully saturated rings. The number of benzene rings is 1. The predicted molar refractivity (Wildman–Crippen MR) is 78.0 cm³/mol. The zero-order chi connectivity index (χ0) is 14.7. The molecule has 0 aliphatic carbocycles. The molecule has 0 atom stereocenters. The minimum Gasteiger partial charge on any atom is -0.335 e. The van der Waals surface area contributed by atoms with Crippen LogP contribution in [-0.2, 0) is 0 Å². The first-order valence-electron chi connectivity index (χ1n) is 6.40. The van der Waals surface area contributed by atoms with E-state index in [-0.39, 0.29) is 11.7 Å². The van der Waals surface area contributed by atoms with Crippen LogP contribution in [0.25, 0.3) is 5.69 Å². The summed E-state index contributed by atoms with van der Waals surface area (Å²) in [5.41, 5.74) is 2.02. The maximum Gasteiger partial charge on any atom is 0.293 e. The Hall–Kier alpha value is -2.43. The van der Waals surface area contributed by atoms with Crippen LogP contribution >= 0.6 is 0 Å². The van der Waals surface area contributed by atoms with Crippen molar-refractivity contribution in [1.29, 1.82) is 0 Å². The Morgan fingerprint density at radius 2 is 2.10 bits per heavy atom. The van der Waals surface area contributed by atoms with Crippen molar-refractivity contribution < 1.29 is 4.79 Å². The van der Waals surface area contributed by atoms with Crippen molar-refractivity contribution >= 4 is 5.91 Å². The summed E-state index contributed by atoms with van der Waals surface area (Å²) in [4.78, 5) is 17.9. The van der Waals surface area contributed by atoms with Gasteiger partial charge in [-0.1, -0.05) is 24.3 Å². The van der Waals surface area contributed by atoms with Gasteiger partial charge in [-0.25, -0.2) is 9.67 Å². The topological polar surface area (TPSA) is 51.0 Å². The molecule has 0 N–H and O–H groups in total. The second kappa shape index (κ2) is 5.69. The molecule has 1 amide bonds. The molecule has 2 aromatic rings. The van der Waals surface area contributed by atoms with Crippen LogP contribution in [0.1, 0.15) is 22.0 Å². The van der Waals surface area contributed by atoms with Crippen molar-refractivity contribution in [2.45, 2.75) is 13.8 Å². The van der Waals surface area contributed by atoms with Crippen LogP contribution in [0, 0.1) is 13.8 Å². The van der Waals surface area contributed by atoms with Gasteiger partial charge in [0.25, 0.3) is 5.91 Å². The molecule has 0 unspecified atom stereocenters. The lowest BCUT2D eigenvalue weighted by atomic mass is 10.2. The molecule has 5 heteroatoms. The third-order valence-corrected chi connectivity index (χ3v) is 3.05. The number of nitrogens with zero attached hydrogens (tertiary/aromatic N) is 4. The molecule has 0 aliphatic rings. The van der Waals surface area contributed by atoms with E-state index in [2.05, 4.69) is 16.7 Å². The summed E-state index contributed by atoms with van der Waals surface area (Å²) in [6.45, 7) is 7.93. The van der Waals surface area contributed by atoms with Crippen molar-refractivity contribution in [3.8, 4) is 5.69 Å². The molecule has 0 saturated heterocycles. The van der Waals surface area contributed by atoms with Gasteiger partial charge in [-0.05, 0) is 25.5 Å². The fourth-order valence-corrected chi connectivity index (χ4v) is 1.96. The second-order valence-electron chi connectivity index (χ2n) is 4.66. The van der Waals surface area contributed by atoms with Gasteiger partial charge in [-0.3, -0.25) is 4.79 Å². The molecule has 0 bridgehead atoms. The van der Waals surface area contributed by atoms with E-state index in [1.54, 1.807) is 17.8 Å². The number of amides is 1. The summed E-state index contributed by atoms with van der Waals surface area (Å²) in [7, 11) is 1.70. The fraction of sp³-hybridized carbons (Fsp3) is 0.267. The molecule has 1 aromatic carbocycles. The number of likely N-dealkylation sites (N-methyl/N-ethyl adjacent to an activating group) is 1. The number of hydrogen-bond acceptors (Lipinski definition) is 3. The van der Waals surface area contributed by atoms with E-state index in [1.165, 1.54) is 4.90 Å². The first-order chi connectivity index (χ1) is 9.54. The van der Waals surface area contributed by atoms with Gasteiger partial charge in [0, 0.05) is 13.6 Å². The first kappa shape index (κ1) is 14.0. The summed E-state index contributed by atoms with van der Waals surface area (Å²) >= 11 is 0. The molecule has 20 heavy (non-hydrogen) atoms. The fourth-order valence-electron chi connectivity index (χ4n) is 1.96. The monoisotopic (exact) mass is 270 g/mol. The molecule has 1 aromatic heterocycles. The molecule has 5 nitrogen and oxygen atoms in total. The smallest absolute Gasteiger partial charge is 0.293 e. The van der Waals surface area contributed by atoms with Crippen LogP contribution in [-0.4, -0.2) is 39.2 Å². The van der Waals surface area contributed by atoms with Gasteiger partial charge in [-0.15, -0.1) is 11.7 Å². The molecule has 2 rings (SSSR count). The number of para-hydroxylation sites is 1. The van der Waals surface area contributed by atoms with E-state index in [1.807, 2.05) is 38.1 Å². The van der Waals surface area contributed by atoms with Crippen molar-refractivity contribution in [2.24, 2.45) is 0 Å². The zero-order valence-electron chi connectivity index (χ0n) is 12.0. The number of aryl methyl sites for hydroxylation is 2. The van der Waals surface area contributed by atoms with Crippen molar-refractivity contribution in [1.82, 2.24) is 19.7 Å². The Bertz CT molecular complexity index is 645. The van der Waals surface area contributed by atoms with E-state index in [4.69, 9.17) is 0 Å². The summed E-state index contributed by atoms with van der Waals surface area (Å²) < 4.78 is 1.70. The summed E-state index contributed by atoms with van der Waals surface area (Å²) in [5.74, 6) is 0.685. The van der Waals surface area contributed by atoms with Crippen molar-refractivity contribution in [3.05, 3.63) is 54.1 Å². The van der Waals surface area contributed by atoms with Gasteiger partial charge in [-0.2, -0.15) is 0 Å². The molecule has 1 heterocycles. The third-order valence-electron chi connectivity index (χ3n) is 3.05. The van der Waals surface area contributed by atoms with E-state index >= 15 is 0 Å². The van der Waals surface area contributed by atoms with Crippen molar-refractivity contribution in [2.75, 3.05) is 13.6 Å². The van der Waals surface area contributed by atoms with Crippen LogP contribution in [0.5, 0.6) is 0 Å². The van der Waals surface area contributed by atoms with Crippen LogP contribution in [0.3, 0.4) is 0 Å². The second-order valence-corrected chi connectivity index (χ2v) is 4.66. The summed E-state index contributed by atoms with van der Waals surface area (Å²) in [5, 5.41) is 4.32. The van der Waals surface area contributed by atoms with Crippen molar-refractivity contribution in [3.63, 3.8) is 0 Å². The average molecular weight is 270 g/mol. The SMILES string of the molecule is C=CCN(C)C(=O)c1nc(C)n(-c2ccccc2C)n1. The quantitative estimate of drug-likeness (QED) is 0.800. The molecular formula is C15H18N4O. The van der Waals surface area contributed by atoms with E-state index in [9.17, 15) is 4.79 Å². The largest absolute Gasteiger partial charge is 0.335 e. The van der Waals surface area contributed by atoms with E-state index in [0.29, 0.717) is 12.4 Å². The lowest BCUT2D eigenvalue weighted by Gasteiger charge is -2.11. The molecule has 0 saturated carbocycles.